The summed E-state index contributed by atoms with van der Waals surface area (Å²) in [5.41, 5.74) is 0.640. The van der Waals surface area contributed by atoms with Crippen LogP contribution in [0.5, 0.6) is 11.5 Å². The smallest absolute Gasteiger partial charge is 0.262 e. The molecule has 10 heteroatoms. The molecule has 0 bridgehead atoms. The number of methoxy groups -OCH3 is 2. The van der Waals surface area contributed by atoms with Gasteiger partial charge in [0.2, 0.25) is 0 Å². The van der Waals surface area contributed by atoms with Crippen LogP contribution in [0.4, 0.5) is 5.69 Å². The minimum atomic E-state index is -3.13. The summed E-state index contributed by atoms with van der Waals surface area (Å²) in [6, 6.07) is 4.92. The van der Waals surface area contributed by atoms with Crippen molar-refractivity contribution >= 4 is 50.0 Å². The van der Waals surface area contributed by atoms with E-state index < -0.39 is 15.7 Å². The second-order valence-corrected chi connectivity index (χ2v) is 9.26. The predicted octanol–water partition coefficient (Wildman–Crippen LogP) is 1.54. The summed E-state index contributed by atoms with van der Waals surface area (Å²) < 4.78 is 34.7. The lowest BCUT2D eigenvalue weighted by Crippen LogP contribution is -2.38. The third-order valence-corrected chi connectivity index (χ3v) is 7.49. The monoisotopic (exact) mass is 404 g/mol. The van der Waals surface area contributed by atoms with E-state index in [-0.39, 0.29) is 28.7 Å². The molecule has 2 aliphatic heterocycles. The number of aliphatic imine (C=N–C) groups is 1. The maximum Gasteiger partial charge on any atom is 0.262 e. The van der Waals surface area contributed by atoms with Gasteiger partial charge in [-0.2, -0.15) is 4.99 Å². The fraction of sp³-hybridized carbons (Fsp3) is 0.467. The summed E-state index contributed by atoms with van der Waals surface area (Å²) in [4.78, 5) is 17.5. The largest absolute Gasteiger partial charge is 0.497 e. The van der Waals surface area contributed by atoms with E-state index in [2.05, 4.69) is 4.99 Å². The van der Waals surface area contributed by atoms with E-state index in [1.165, 1.54) is 18.9 Å². The second kappa shape index (κ2) is 7.05. The van der Waals surface area contributed by atoms with Gasteiger partial charge in [-0.25, -0.2) is 8.42 Å². The molecule has 0 saturated carbocycles. The number of carbonyl (C=O) groups excluding carboxylic acids is 1. The number of sulfone groups is 1. The van der Waals surface area contributed by atoms with Crippen molar-refractivity contribution in [1.29, 1.82) is 0 Å². The van der Waals surface area contributed by atoms with Crippen molar-refractivity contribution in [1.82, 2.24) is 0 Å². The molecule has 0 aromatic heterocycles. The third-order valence-electron chi connectivity index (χ3n) is 4.05. The van der Waals surface area contributed by atoms with Crippen LogP contribution in [-0.2, 0) is 14.6 Å². The third kappa shape index (κ3) is 3.58. The Morgan fingerprint density at radius 3 is 2.76 bits per heavy atom. The van der Waals surface area contributed by atoms with E-state index in [4.69, 9.17) is 21.1 Å². The fourth-order valence-electron chi connectivity index (χ4n) is 2.97. The number of halogens is 1. The highest BCUT2D eigenvalue weighted by Crippen LogP contribution is 2.44. The molecule has 0 N–H and O–H groups in total. The van der Waals surface area contributed by atoms with Crippen molar-refractivity contribution in [2.24, 2.45) is 4.99 Å². The number of ether oxygens (including phenoxy) is 2. The van der Waals surface area contributed by atoms with E-state index in [1.807, 2.05) is 0 Å². The summed E-state index contributed by atoms with van der Waals surface area (Å²) in [7, 11) is -0.0640. The Morgan fingerprint density at radius 2 is 2.12 bits per heavy atom. The van der Waals surface area contributed by atoms with Gasteiger partial charge in [0.25, 0.3) is 5.91 Å². The average Bonchev–Trinajstić information content (AvgIpc) is 3.04. The molecule has 2 heterocycles. The van der Waals surface area contributed by atoms with Crippen LogP contribution in [0, 0.1) is 0 Å². The van der Waals surface area contributed by atoms with E-state index >= 15 is 0 Å². The Labute approximate surface area is 155 Å². The molecule has 0 spiro atoms. The number of fused-ring (bicyclic) bond motifs is 1. The molecule has 2 aliphatic rings. The van der Waals surface area contributed by atoms with Crippen LogP contribution >= 0.6 is 23.4 Å². The normalized spacial score (nSPS) is 25.9. The van der Waals surface area contributed by atoms with Crippen molar-refractivity contribution in [3.05, 3.63) is 18.2 Å². The minimum absolute atomic E-state index is 0.00787. The van der Waals surface area contributed by atoms with Crippen molar-refractivity contribution in [2.75, 3.05) is 36.5 Å². The number of nitrogens with zero attached hydrogens (tertiary/aromatic N) is 2. The van der Waals surface area contributed by atoms with Crippen LogP contribution in [0.1, 0.15) is 0 Å². The molecule has 2 saturated heterocycles. The van der Waals surface area contributed by atoms with Crippen molar-refractivity contribution < 1.29 is 22.7 Å². The molecule has 0 aliphatic carbocycles. The molecule has 2 atom stereocenters. The lowest BCUT2D eigenvalue weighted by molar-refractivity contribution is -0.115. The van der Waals surface area contributed by atoms with Crippen molar-refractivity contribution in [3.8, 4) is 11.5 Å². The first-order chi connectivity index (χ1) is 11.9. The summed E-state index contributed by atoms with van der Waals surface area (Å²) in [6.07, 6.45) is 0. The first-order valence-electron chi connectivity index (χ1n) is 7.44. The maximum atomic E-state index is 12.0. The van der Waals surface area contributed by atoms with Crippen LogP contribution in [0.25, 0.3) is 0 Å². The van der Waals surface area contributed by atoms with Gasteiger partial charge in [0, 0.05) is 11.3 Å². The number of alkyl halides is 1. The van der Waals surface area contributed by atoms with Gasteiger partial charge in [-0.3, -0.25) is 4.79 Å². The van der Waals surface area contributed by atoms with Crippen LogP contribution in [-0.4, -0.2) is 62.4 Å². The van der Waals surface area contributed by atoms with Crippen LogP contribution < -0.4 is 14.4 Å². The average molecular weight is 405 g/mol. The lowest BCUT2D eigenvalue weighted by Gasteiger charge is -2.26. The van der Waals surface area contributed by atoms with Gasteiger partial charge in [-0.15, -0.1) is 11.6 Å². The topological polar surface area (TPSA) is 85.3 Å². The molecular formula is C15H17ClN2O5S2. The molecule has 1 aromatic rings. The molecule has 0 radical (unpaired) electrons. The Balaban J connectivity index is 2.08. The standard InChI is InChI=1S/C15H17ClN2O5S2/c1-22-9-3-4-10(12(5-9)23-2)18-11-7-25(20,21)8-13(11)24-15(18)17-14(19)6-16/h3-5,11,13H,6-8H2,1-2H3. The highest BCUT2D eigenvalue weighted by molar-refractivity contribution is 8.16. The zero-order valence-electron chi connectivity index (χ0n) is 13.6. The molecule has 136 valence electrons. The number of benzene rings is 1. The zero-order chi connectivity index (χ0) is 18.2. The van der Waals surface area contributed by atoms with Crippen LogP contribution in [0.15, 0.2) is 23.2 Å². The predicted molar refractivity (Wildman–Crippen MR) is 99.0 cm³/mol. The molecule has 2 unspecified atom stereocenters. The second-order valence-electron chi connectivity index (χ2n) is 5.63. The lowest BCUT2D eigenvalue weighted by atomic mass is 10.2. The maximum absolute atomic E-state index is 12.0. The summed E-state index contributed by atoms with van der Waals surface area (Å²) in [6.45, 7) is 0. The molecule has 3 rings (SSSR count). The number of thioether (sulfide) groups is 1. The van der Waals surface area contributed by atoms with Gasteiger partial charge in [0.05, 0.1) is 37.5 Å². The highest BCUT2D eigenvalue weighted by Gasteiger charge is 2.50. The van der Waals surface area contributed by atoms with E-state index in [0.717, 1.165) is 0 Å². The van der Waals surface area contributed by atoms with Gasteiger partial charge in [-0.05, 0) is 12.1 Å². The Morgan fingerprint density at radius 1 is 1.36 bits per heavy atom. The summed E-state index contributed by atoms with van der Waals surface area (Å²) in [5.74, 6) is 0.490. The summed E-state index contributed by atoms with van der Waals surface area (Å²) in [5, 5.41) is 0.262. The molecule has 2 fully saturated rings. The van der Waals surface area contributed by atoms with Gasteiger partial charge >= 0.3 is 0 Å². The van der Waals surface area contributed by atoms with Gasteiger partial charge < -0.3 is 14.4 Å². The number of rotatable bonds is 4. The van der Waals surface area contributed by atoms with Gasteiger partial charge in [0.15, 0.2) is 15.0 Å². The number of hydrogen-bond acceptors (Lipinski definition) is 6. The Kier molecular flexibility index (Phi) is 5.17. The summed E-state index contributed by atoms with van der Waals surface area (Å²) >= 11 is 6.86. The zero-order valence-corrected chi connectivity index (χ0v) is 16.0. The van der Waals surface area contributed by atoms with E-state index in [9.17, 15) is 13.2 Å². The number of amidine groups is 1. The number of anilines is 1. The molecule has 7 nitrogen and oxygen atoms in total. The van der Waals surface area contributed by atoms with E-state index in [1.54, 1.807) is 30.2 Å². The SMILES string of the molecule is COc1ccc(N2C(=NC(=O)CCl)SC3CS(=O)(=O)CC32)c(OC)c1. The quantitative estimate of drug-likeness (QED) is 0.703. The van der Waals surface area contributed by atoms with Crippen molar-refractivity contribution in [3.63, 3.8) is 0 Å². The molecule has 1 aromatic carbocycles. The number of hydrogen-bond donors (Lipinski definition) is 0. The van der Waals surface area contributed by atoms with Crippen LogP contribution in [0.2, 0.25) is 0 Å². The van der Waals surface area contributed by atoms with Gasteiger partial charge in [0.1, 0.15) is 17.4 Å². The molecule has 25 heavy (non-hydrogen) atoms. The number of carbonyl (C=O) groups is 1. The minimum Gasteiger partial charge on any atom is -0.497 e. The van der Waals surface area contributed by atoms with E-state index in [0.29, 0.717) is 22.4 Å². The fourth-order valence-corrected chi connectivity index (χ4v) is 6.95. The number of amides is 1. The Bertz CT molecular complexity index is 827. The van der Waals surface area contributed by atoms with Crippen molar-refractivity contribution in [2.45, 2.75) is 11.3 Å². The first-order valence-corrected chi connectivity index (χ1v) is 10.7. The Hall–Kier alpha value is -1.45. The highest BCUT2D eigenvalue weighted by atomic mass is 35.5. The van der Waals surface area contributed by atoms with Crippen LogP contribution in [0.3, 0.4) is 0 Å². The first kappa shape index (κ1) is 18.3. The van der Waals surface area contributed by atoms with Gasteiger partial charge in [-0.1, -0.05) is 11.8 Å². The molecular weight excluding hydrogens is 388 g/mol. The molecule has 1 amide bonds.